The molecule has 0 spiro atoms. The van der Waals surface area contributed by atoms with Crippen molar-refractivity contribution in [3.05, 3.63) is 59.2 Å². The number of fused-ring (bicyclic) bond motifs is 1. The van der Waals surface area contributed by atoms with Gasteiger partial charge in [-0.15, -0.1) is 0 Å². The number of hydrogen-bond acceptors (Lipinski definition) is 3. The lowest BCUT2D eigenvalue weighted by atomic mass is 10.0. The molecular formula is C16H15N3O2. The molecule has 2 aromatic rings. The number of hydrogen-bond donors (Lipinski definition) is 3. The second-order valence-corrected chi connectivity index (χ2v) is 5.00. The van der Waals surface area contributed by atoms with Crippen molar-refractivity contribution >= 4 is 23.2 Å². The Morgan fingerprint density at radius 2 is 1.95 bits per heavy atom. The lowest BCUT2D eigenvalue weighted by molar-refractivity contribution is -0.116. The van der Waals surface area contributed by atoms with E-state index >= 15 is 0 Å². The molecule has 21 heavy (non-hydrogen) atoms. The first-order chi connectivity index (χ1) is 10.1. The zero-order chi connectivity index (χ0) is 15.0. The van der Waals surface area contributed by atoms with E-state index in [1.54, 1.807) is 19.1 Å². The zero-order valence-electron chi connectivity index (χ0n) is 11.5. The number of amides is 2. The van der Waals surface area contributed by atoms with Crippen molar-refractivity contribution in [1.82, 2.24) is 0 Å². The molecule has 2 amide bonds. The summed E-state index contributed by atoms with van der Waals surface area (Å²) in [5.41, 5.74) is 8.97. The molecule has 5 heteroatoms. The molecular weight excluding hydrogens is 266 g/mol. The van der Waals surface area contributed by atoms with E-state index in [0.29, 0.717) is 5.56 Å². The topological polar surface area (TPSA) is 84.2 Å². The Labute approximate surface area is 122 Å². The molecule has 4 N–H and O–H groups in total. The molecule has 1 unspecified atom stereocenters. The number of benzene rings is 2. The summed E-state index contributed by atoms with van der Waals surface area (Å²) in [6.07, 6.45) is 0. The van der Waals surface area contributed by atoms with Gasteiger partial charge in [-0.05, 0) is 30.7 Å². The van der Waals surface area contributed by atoms with Crippen LogP contribution in [-0.4, -0.2) is 11.8 Å². The summed E-state index contributed by atoms with van der Waals surface area (Å²) in [4.78, 5) is 23.5. The third-order valence-electron chi connectivity index (χ3n) is 3.69. The Morgan fingerprint density at radius 1 is 1.19 bits per heavy atom. The first kappa shape index (κ1) is 13.2. The maximum atomic E-state index is 12.1. The van der Waals surface area contributed by atoms with Gasteiger partial charge in [0.1, 0.15) is 6.04 Å². The summed E-state index contributed by atoms with van der Waals surface area (Å²) < 4.78 is 0. The molecule has 0 bridgehead atoms. The van der Waals surface area contributed by atoms with Crippen LogP contribution in [-0.2, 0) is 4.79 Å². The lowest BCUT2D eigenvalue weighted by Crippen LogP contribution is -2.21. The smallest absolute Gasteiger partial charge is 0.251 e. The van der Waals surface area contributed by atoms with E-state index in [1.807, 2.05) is 30.3 Å². The van der Waals surface area contributed by atoms with Crippen LogP contribution in [0.3, 0.4) is 0 Å². The van der Waals surface area contributed by atoms with Crippen molar-refractivity contribution in [3.8, 4) is 0 Å². The highest BCUT2D eigenvalue weighted by atomic mass is 16.2. The molecule has 0 saturated carbocycles. The molecule has 0 fully saturated rings. The fraction of sp³-hybridized carbons (Fsp3) is 0.125. The van der Waals surface area contributed by atoms with Gasteiger partial charge in [-0.25, -0.2) is 0 Å². The van der Waals surface area contributed by atoms with Gasteiger partial charge in [0, 0.05) is 22.5 Å². The van der Waals surface area contributed by atoms with Gasteiger partial charge in [0.05, 0.1) is 0 Å². The molecule has 2 aromatic carbocycles. The predicted octanol–water partition coefficient (Wildman–Crippen LogP) is 2.20. The molecule has 0 aromatic heterocycles. The minimum Gasteiger partial charge on any atom is -0.370 e. The van der Waals surface area contributed by atoms with Crippen molar-refractivity contribution in [2.45, 2.75) is 13.0 Å². The van der Waals surface area contributed by atoms with Crippen molar-refractivity contribution in [1.29, 1.82) is 0 Å². The fourth-order valence-corrected chi connectivity index (χ4v) is 2.57. The van der Waals surface area contributed by atoms with Crippen LogP contribution in [0.5, 0.6) is 0 Å². The van der Waals surface area contributed by atoms with Gasteiger partial charge >= 0.3 is 0 Å². The Balaban J connectivity index is 1.96. The maximum absolute atomic E-state index is 12.1. The molecule has 1 aliphatic heterocycles. The minimum atomic E-state index is -0.479. The van der Waals surface area contributed by atoms with Gasteiger partial charge < -0.3 is 16.4 Å². The van der Waals surface area contributed by atoms with Crippen LogP contribution >= 0.6 is 0 Å². The molecule has 1 aliphatic rings. The van der Waals surface area contributed by atoms with Crippen LogP contribution in [0.4, 0.5) is 11.4 Å². The fourth-order valence-electron chi connectivity index (χ4n) is 2.57. The van der Waals surface area contributed by atoms with Gasteiger partial charge in [0.15, 0.2) is 0 Å². The number of rotatable bonds is 3. The Hall–Kier alpha value is -2.82. The van der Waals surface area contributed by atoms with E-state index in [4.69, 9.17) is 5.73 Å². The van der Waals surface area contributed by atoms with Crippen LogP contribution in [0.25, 0.3) is 0 Å². The van der Waals surface area contributed by atoms with E-state index in [-0.39, 0.29) is 5.91 Å². The van der Waals surface area contributed by atoms with Gasteiger partial charge in [0.2, 0.25) is 5.91 Å². The normalized spacial score (nSPS) is 16.2. The number of carbonyl (C=O) groups is 2. The average Bonchev–Trinajstić information content (AvgIpc) is 2.77. The Morgan fingerprint density at radius 3 is 2.71 bits per heavy atom. The van der Waals surface area contributed by atoms with Crippen LogP contribution in [0.2, 0.25) is 0 Å². The summed E-state index contributed by atoms with van der Waals surface area (Å²) in [5, 5.41) is 6.02. The molecule has 1 heterocycles. The van der Waals surface area contributed by atoms with Crippen molar-refractivity contribution in [2.24, 2.45) is 5.73 Å². The van der Waals surface area contributed by atoms with Crippen LogP contribution in [0, 0.1) is 6.92 Å². The highest BCUT2D eigenvalue weighted by Crippen LogP contribution is 2.34. The number of anilines is 2. The van der Waals surface area contributed by atoms with Crippen molar-refractivity contribution in [3.63, 3.8) is 0 Å². The third kappa shape index (κ3) is 2.23. The summed E-state index contributed by atoms with van der Waals surface area (Å²) in [6, 6.07) is 12.3. The molecule has 3 rings (SSSR count). The second-order valence-electron chi connectivity index (χ2n) is 5.00. The molecule has 5 nitrogen and oxygen atoms in total. The largest absolute Gasteiger partial charge is 0.370 e. The van der Waals surface area contributed by atoms with E-state index < -0.39 is 11.9 Å². The summed E-state index contributed by atoms with van der Waals surface area (Å²) in [7, 11) is 0. The van der Waals surface area contributed by atoms with Crippen molar-refractivity contribution < 1.29 is 9.59 Å². The Kier molecular flexibility index (Phi) is 3.10. The third-order valence-corrected chi connectivity index (χ3v) is 3.69. The molecule has 0 saturated heterocycles. The predicted molar refractivity (Wildman–Crippen MR) is 81.1 cm³/mol. The number of nitrogens with two attached hydrogens (primary N) is 1. The molecule has 106 valence electrons. The highest BCUT2D eigenvalue weighted by molar-refractivity contribution is 6.04. The standard InChI is InChI=1S/C16H15N3O2/c1-9-10(15(17)20)6-4-8-12(9)18-14-11-5-2-3-7-13(11)19-16(14)21/h2-8,14,18H,1H3,(H2,17,20)(H,19,21). The van der Waals surface area contributed by atoms with Gasteiger partial charge in [-0.3, -0.25) is 9.59 Å². The first-order valence-electron chi connectivity index (χ1n) is 6.63. The highest BCUT2D eigenvalue weighted by Gasteiger charge is 2.30. The summed E-state index contributed by atoms with van der Waals surface area (Å²) in [5.74, 6) is -0.590. The molecule has 1 atom stereocenters. The van der Waals surface area contributed by atoms with E-state index in [2.05, 4.69) is 10.6 Å². The van der Waals surface area contributed by atoms with E-state index in [1.165, 1.54) is 0 Å². The van der Waals surface area contributed by atoms with Crippen LogP contribution < -0.4 is 16.4 Å². The summed E-state index contributed by atoms with van der Waals surface area (Å²) in [6.45, 7) is 1.81. The van der Waals surface area contributed by atoms with Gasteiger partial charge in [-0.1, -0.05) is 24.3 Å². The number of para-hydroxylation sites is 1. The quantitative estimate of drug-likeness (QED) is 0.806. The van der Waals surface area contributed by atoms with E-state index in [0.717, 1.165) is 22.5 Å². The maximum Gasteiger partial charge on any atom is 0.251 e. The average molecular weight is 281 g/mol. The Bertz CT molecular complexity index is 740. The SMILES string of the molecule is Cc1c(NC2C(=O)Nc3ccccc32)cccc1C(N)=O. The summed E-state index contributed by atoms with van der Waals surface area (Å²) >= 11 is 0. The lowest BCUT2D eigenvalue weighted by Gasteiger charge is -2.16. The molecule has 0 radical (unpaired) electrons. The number of carbonyl (C=O) groups excluding carboxylic acids is 2. The van der Waals surface area contributed by atoms with Gasteiger partial charge in [-0.2, -0.15) is 0 Å². The zero-order valence-corrected chi connectivity index (χ0v) is 11.5. The monoisotopic (exact) mass is 281 g/mol. The first-order valence-corrected chi connectivity index (χ1v) is 6.63. The second kappa shape index (κ2) is 4.94. The van der Waals surface area contributed by atoms with E-state index in [9.17, 15) is 9.59 Å². The van der Waals surface area contributed by atoms with Crippen LogP contribution in [0.15, 0.2) is 42.5 Å². The number of nitrogens with one attached hydrogen (secondary N) is 2. The number of primary amides is 1. The van der Waals surface area contributed by atoms with Gasteiger partial charge in [0.25, 0.3) is 5.91 Å². The minimum absolute atomic E-state index is 0.111. The molecule has 0 aliphatic carbocycles. The van der Waals surface area contributed by atoms with Crippen LogP contribution in [0.1, 0.15) is 27.5 Å². The van der Waals surface area contributed by atoms with Crippen molar-refractivity contribution in [2.75, 3.05) is 10.6 Å².